The lowest BCUT2D eigenvalue weighted by Crippen LogP contribution is -2.24. The van der Waals surface area contributed by atoms with Crippen molar-refractivity contribution in [2.45, 2.75) is 25.6 Å². The lowest BCUT2D eigenvalue weighted by molar-refractivity contribution is 0.203. The van der Waals surface area contributed by atoms with Gasteiger partial charge in [0.15, 0.2) is 0 Å². The lowest BCUT2D eigenvalue weighted by Gasteiger charge is -2.19. The van der Waals surface area contributed by atoms with Crippen molar-refractivity contribution < 1.29 is 9.84 Å². The Hall–Kier alpha value is -2.94. The zero-order chi connectivity index (χ0) is 18.1. The molecule has 0 aliphatic carbocycles. The summed E-state index contributed by atoms with van der Waals surface area (Å²) in [5.74, 6) is 1.17. The number of rotatable bonds is 4. The van der Waals surface area contributed by atoms with Crippen molar-refractivity contribution in [2.24, 2.45) is 7.05 Å². The number of aromatic nitrogens is 6. The van der Waals surface area contributed by atoms with Crippen LogP contribution in [0.25, 0.3) is 0 Å². The number of ether oxygens (including phenoxy) is 1. The van der Waals surface area contributed by atoms with Gasteiger partial charge in [0.2, 0.25) is 11.8 Å². The molecule has 9 heteroatoms. The third-order valence-corrected chi connectivity index (χ3v) is 4.56. The van der Waals surface area contributed by atoms with Crippen LogP contribution in [0.15, 0.2) is 30.6 Å². The summed E-state index contributed by atoms with van der Waals surface area (Å²) in [6.07, 6.45) is 3.47. The average molecular weight is 355 g/mol. The summed E-state index contributed by atoms with van der Waals surface area (Å²) in [5.41, 5.74) is 2.35. The van der Waals surface area contributed by atoms with Crippen LogP contribution >= 0.6 is 0 Å². The molecule has 3 aromatic heterocycles. The number of methoxy groups -OCH3 is 1. The molecule has 1 aliphatic heterocycles. The molecule has 0 radical (unpaired) electrons. The lowest BCUT2D eigenvalue weighted by atomic mass is 10.2. The second kappa shape index (κ2) is 6.75. The Kier molecular flexibility index (Phi) is 4.29. The van der Waals surface area contributed by atoms with Crippen molar-refractivity contribution in [3.05, 3.63) is 47.7 Å². The summed E-state index contributed by atoms with van der Waals surface area (Å²) in [4.78, 5) is 10.9. The van der Waals surface area contributed by atoms with Crippen LogP contribution in [0.1, 0.15) is 29.6 Å². The van der Waals surface area contributed by atoms with Gasteiger partial charge in [-0.1, -0.05) is 0 Å². The number of aliphatic hydroxyl groups excluding tert-OH is 1. The fourth-order valence-electron chi connectivity index (χ4n) is 3.19. The molecule has 0 spiro atoms. The monoisotopic (exact) mass is 355 g/mol. The molecule has 1 unspecified atom stereocenters. The molecule has 26 heavy (non-hydrogen) atoms. The predicted octanol–water partition coefficient (Wildman–Crippen LogP) is 0.907. The molecule has 0 saturated carbocycles. The quantitative estimate of drug-likeness (QED) is 0.743. The summed E-state index contributed by atoms with van der Waals surface area (Å²) in [5, 5.41) is 19.4. The predicted molar refractivity (Wildman–Crippen MR) is 93.7 cm³/mol. The summed E-state index contributed by atoms with van der Waals surface area (Å²) in [6, 6.07) is 5.47. The Morgan fingerprint density at radius 1 is 1.23 bits per heavy atom. The highest BCUT2D eigenvalue weighted by atomic mass is 16.5. The third kappa shape index (κ3) is 3.01. The first kappa shape index (κ1) is 16.5. The molecular weight excluding hydrogens is 334 g/mol. The molecule has 1 aliphatic rings. The van der Waals surface area contributed by atoms with Crippen molar-refractivity contribution in [1.29, 1.82) is 0 Å². The van der Waals surface area contributed by atoms with Crippen molar-refractivity contribution >= 4 is 5.95 Å². The van der Waals surface area contributed by atoms with E-state index in [0.717, 1.165) is 25.2 Å². The zero-order valence-corrected chi connectivity index (χ0v) is 14.8. The van der Waals surface area contributed by atoms with Gasteiger partial charge in [-0.2, -0.15) is 15.2 Å². The van der Waals surface area contributed by atoms with Gasteiger partial charge in [-0.25, -0.2) is 4.98 Å². The molecule has 0 aromatic carbocycles. The standard InChI is InChI=1S/C17H21N7O2/c1-22-14(4-7-19-22)16(25)13-10-12-11-23(8-3-9-24(12)21-13)17-18-6-5-15(20-17)26-2/h4-7,10,16,25H,3,8-9,11H2,1-2H3. The molecule has 1 N–H and O–H groups in total. The molecule has 0 saturated heterocycles. The maximum Gasteiger partial charge on any atom is 0.228 e. The van der Waals surface area contributed by atoms with Gasteiger partial charge in [0, 0.05) is 38.6 Å². The van der Waals surface area contributed by atoms with E-state index < -0.39 is 6.10 Å². The van der Waals surface area contributed by atoms with E-state index in [9.17, 15) is 5.11 Å². The van der Waals surface area contributed by atoms with E-state index in [-0.39, 0.29) is 0 Å². The number of hydrogen-bond donors (Lipinski definition) is 1. The zero-order valence-electron chi connectivity index (χ0n) is 14.8. The van der Waals surface area contributed by atoms with Crippen LogP contribution in [0.5, 0.6) is 5.88 Å². The van der Waals surface area contributed by atoms with E-state index in [1.165, 1.54) is 0 Å². The summed E-state index contributed by atoms with van der Waals surface area (Å²) >= 11 is 0. The van der Waals surface area contributed by atoms with Crippen LogP contribution in [-0.4, -0.2) is 48.3 Å². The molecule has 0 amide bonds. The Morgan fingerprint density at radius 2 is 2.12 bits per heavy atom. The maximum atomic E-state index is 10.6. The minimum absolute atomic E-state index is 0.542. The first-order chi connectivity index (χ1) is 12.7. The molecule has 0 fully saturated rings. The van der Waals surface area contributed by atoms with Crippen molar-refractivity contribution in [1.82, 2.24) is 29.5 Å². The van der Waals surface area contributed by atoms with Gasteiger partial charge in [0.1, 0.15) is 6.10 Å². The fourth-order valence-corrected chi connectivity index (χ4v) is 3.19. The van der Waals surface area contributed by atoms with E-state index in [2.05, 4.69) is 25.1 Å². The largest absolute Gasteiger partial charge is 0.481 e. The topological polar surface area (TPSA) is 94.1 Å². The number of aryl methyl sites for hydroxylation is 2. The summed E-state index contributed by atoms with van der Waals surface area (Å²) in [6.45, 7) is 2.24. The van der Waals surface area contributed by atoms with Crippen LogP contribution in [0.3, 0.4) is 0 Å². The first-order valence-corrected chi connectivity index (χ1v) is 8.50. The van der Waals surface area contributed by atoms with Crippen LogP contribution < -0.4 is 9.64 Å². The van der Waals surface area contributed by atoms with Gasteiger partial charge in [-0.05, 0) is 18.6 Å². The Labute approximate surface area is 150 Å². The van der Waals surface area contributed by atoms with E-state index in [1.807, 2.05) is 10.7 Å². The average Bonchev–Trinajstić information content (AvgIpc) is 3.21. The molecule has 0 bridgehead atoms. The smallest absolute Gasteiger partial charge is 0.228 e. The van der Waals surface area contributed by atoms with Gasteiger partial charge >= 0.3 is 0 Å². The molecule has 1 atom stereocenters. The minimum Gasteiger partial charge on any atom is -0.481 e. The Balaban J connectivity index is 1.60. The normalized spacial score (nSPS) is 15.4. The number of hydrogen-bond acceptors (Lipinski definition) is 7. The summed E-state index contributed by atoms with van der Waals surface area (Å²) in [7, 11) is 3.40. The van der Waals surface area contributed by atoms with Crippen molar-refractivity contribution in [3.8, 4) is 5.88 Å². The molecular formula is C17H21N7O2. The van der Waals surface area contributed by atoms with Crippen molar-refractivity contribution in [2.75, 3.05) is 18.6 Å². The van der Waals surface area contributed by atoms with Crippen LogP contribution in [-0.2, 0) is 20.1 Å². The van der Waals surface area contributed by atoms with Crippen molar-refractivity contribution in [3.63, 3.8) is 0 Å². The second-order valence-corrected chi connectivity index (χ2v) is 6.24. The molecule has 3 aromatic rings. The van der Waals surface area contributed by atoms with Crippen LogP contribution in [0.2, 0.25) is 0 Å². The van der Waals surface area contributed by atoms with Crippen LogP contribution in [0.4, 0.5) is 5.95 Å². The second-order valence-electron chi connectivity index (χ2n) is 6.24. The molecule has 4 rings (SSSR count). The van der Waals surface area contributed by atoms with Gasteiger partial charge in [0.25, 0.3) is 0 Å². The maximum absolute atomic E-state index is 10.6. The fraction of sp³-hybridized carbons (Fsp3) is 0.412. The minimum atomic E-state index is -0.802. The number of nitrogens with zero attached hydrogens (tertiary/aromatic N) is 7. The highest BCUT2D eigenvalue weighted by Gasteiger charge is 2.23. The van der Waals surface area contributed by atoms with Gasteiger partial charge in [-0.3, -0.25) is 9.36 Å². The van der Waals surface area contributed by atoms with E-state index in [0.29, 0.717) is 29.8 Å². The number of fused-ring (bicyclic) bond motifs is 1. The number of anilines is 1. The van der Waals surface area contributed by atoms with Crippen LogP contribution in [0, 0.1) is 0 Å². The highest BCUT2D eigenvalue weighted by molar-refractivity contribution is 5.34. The third-order valence-electron chi connectivity index (χ3n) is 4.56. The molecule has 9 nitrogen and oxygen atoms in total. The van der Waals surface area contributed by atoms with Gasteiger partial charge in [-0.15, -0.1) is 0 Å². The van der Waals surface area contributed by atoms with Gasteiger partial charge < -0.3 is 14.7 Å². The molecule has 136 valence electrons. The first-order valence-electron chi connectivity index (χ1n) is 8.50. The number of aliphatic hydroxyl groups is 1. The summed E-state index contributed by atoms with van der Waals surface area (Å²) < 4.78 is 8.81. The van der Waals surface area contributed by atoms with E-state index >= 15 is 0 Å². The Morgan fingerprint density at radius 3 is 2.88 bits per heavy atom. The SMILES string of the molecule is COc1ccnc(N2CCCn3nc(C(O)c4ccnn4C)cc3C2)n1. The van der Waals surface area contributed by atoms with E-state index in [4.69, 9.17) is 4.74 Å². The van der Waals surface area contributed by atoms with E-state index in [1.54, 1.807) is 43.4 Å². The van der Waals surface area contributed by atoms with Gasteiger partial charge in [0.05, 0.1) is 30.7 Å². The molecule has 4 heterocycles. The highest BCUT2D eigenvalue weighted by Crippen LogP contribution is 2.24. The Bertz CT molecular complexity index is 904.